The molecule has 0 heterocycles. The van der Waals surface area contributed by atoms with Crippen LogP contribution in [0.1, 0.15) is 0 Å². The third-order valence-corrected chi connectivity index (χ3v) is 16.4. The van der Waals surface area contributed by atoms with Gasteiger partial charge in [0, 0.05) is 0 Å². The predicted octanol–water partition coefficient (Wildman–Crippen LogP) is 19.8. The van der Waals surface area contributed by atoms with Crippen molar-refractivity contribution >= 4 is 108 Å². The summed E-state index contributed by atoms with van der Waals surface area (Å²) >= 11 is 0. The highest BCUT2D eigenvalue weighted by atomic mass is 14.3. The summed E-state index contributed by atoms with van der Waals surface area (Å²) in [7, 11) is 0. The number of rotatable bonds is 4. The van der Waals surface area contributed by atoms with Gasteiger partial charge in [-0.2, -0.15) is 0 Å². The van der Waals surface area contributed by atoms with E-state index in [1.54, 1.807) is 0 Å². The van der Waals surface area contributed by atoms with Crippen molar-refractivity contribution in [3.8, 4) is 66.8 Å². The van der Waals surface area contributed by atoms with Gasteiger partial charge in [-0.1, -0.05) is 218 Å². The van der Waals surface area contributed by atoms with Crippen LogP contribution in [0, 0.1) is 0 Å². The molecule has 0 heteroatoms. The molecule has 318 valence electrons. The van der Waals surface area contributed by atoms with Crippen molar-refractivity contribution in [2.45, 2.75) is 0 Å². The number of fused-ring (bicyclic) bond motifs is 12. The molecule has 0 N–H and O–H groups in total. The molecule has 0 bridgehead atoms. The fourth-order valence-electron chi connectivity index (χ4n) is 13.7. The molecule has 16 aromatic rings. The largest absolute Gasteiger partial charge is 0.0622 e. The van der Waals surface area contributed by atoms with Crippen LogP contribution in [-0.4, -0.2) is 0 Å². The Morgan fingerprint density at radius 2 is 0.500 bits per heavy atom. The van der Waals surface area contributed by atoms with E-state index >= 15 is 0 Å². The lowest BCUT2D eigenvalue weighted by Gasteiger charge is -2.17. The summed E-state index contributed by atoms with van der Waals surface area (Å²) in [6, 6.07) is 87.3. The molecule has 0 spiro atoms. The molecular formula is C70H38. The van der Waals surface area contributed by atoms with Crippen molar-refractivity contribution < 1.29 is 0 Å². The van der Waals surface area contributed by atoms with Gasteiger partial charge < -0.3 is 0 Å². The Morgan fingerprint density at radius 3 is 0.943 bits per heavy atom. The average Bonchev–Trinajstić information content (AvgIpc) is 4.07. The third-order valence-electron chi connectivity index (χ3n) is 16.4. The second kappa shape index (κ2) is 13.3. The molecule has 17 rings (SSSR count). The van der Waals surface area contributed by atoms with Crippen LogP contribution < -0.4 is 0 Å². The quantitative estimate of drug-likeness (QED) is 0.122. The highest BCUT2D eigenvalue weighted by Crippen LogP contribution is 2.59. The Bertz CT molecular complexity index is 4580. The zero-order valence-corrected chi connectivity index (χ0v) is 37.9. The summed E-state index contributed by atoms with van der Waals surface area (Å²) in [5, 5.41) is 26.6. The Kier molecular flexibility index (Phi) is 7.03. The minimum Gasteiger partial charge on any atom is -0.0622 e. The maximum Gasteiger partial charge on any atom is -0.000740 e. The summed E-state index contributed by atoms with van der Waals surface area (Å²) in [6.07, 6.45) is 0. The lowest BCUT2D eigenvalue weighted by Crippen LogP contribution is -1.89. The van der Waals surface area contributed by atoms with E-state index in [2.05, 4.69) is 231 Å². The lowest BCUT2D eigenvalue weighted by atomic mass is 9.85. The monoisotopic (exact) mass is 878 g/mol. The van der Waals surface area contributed by atoms with Crippen LogP contribution in [0.15, 0.2) is 231 Å². The molecule has 0 amide bonds. The zero-order valence-electron chi connectivity index (χ0n) is 37.9. The van der Waals surface area contributed by atoms with E-state index in [1.807, 2.05) is 0 Å². The van der Waals surface area contributed by atoms with Gasteiger partial charge in [0.25, 0.3) is 0 Å². The van der Waals surface area contributed by atoms with Crippen LogP contribution in [0.25, 0.3) is 174 Å². The van der Waals surface area contributed by atoms with Crippen LogP contribution >= 0.6 is 0 Å². The topological polar surface area (TPSA) is 0 Å². The van der Waals surface area contributed by atoms with E-state index in [1.165, 1.54) is 174 Å². The van der Waals surface area contributed by atoms with Crippen LogP contribution in [0.2, 0.25) is 0 Å². The van der Waals surface area contributed by atoms with E-state index in [0.29, 0.717) is 0 Å². The number of hydrogen-bond donors (Lipinski definition) is 0. The summed E-state index contributed by atoms with van der Waals surface area (Å²) in [6.45, 7) is 0. The molecule has 0 aliphatic heterocycles. The minimum absolute atomic E-state index is 1.24. The van der Waals surface area contributed by atoms with E-state index < -0.39 is 0 Å². The van der Waals surface area contributed by atoms with Crippen LogP contribution in [0.5, 0.6) is 0 Å². The van der Waals surface area contributed by atoms with Gasteiger partial charge in [0.2, 0.25) is 0 Å². The normalized spacial score (nSPS) is 12.6. The molecule has 0 saturated heterocycles. The third kappa shape index (κ3) is 4.57. The maximum absolute atomic E-state index is 2.54. The standard InChI is InChI=1S/C70H38/c1-5-15-39(16-6-1)44-27-28-45(40-17-7-2-8-18-40)64-53-34-30-49-51-32-36-55-68-54(35-31-50(66(51)68)48-29-33-52(63(44)64)67(53)65(48)49)69-61(42-19-9-3-10-20-42)58-37-56-46-25-13-23-41-24-14-26-47(60(41)46)57(56)38-59(58)62(70(55)69)43-21-11-4-12-22-43/h1-38H. The second-order valence-corrected chi connectivity index (χ2v) is 19.7. The first-order valence-electron chi connectivity index (χ1n) is 24.6. The highest BCUT2D eigenvalue weighted by Gasteiger charge is 2.31. The molecule has 0 saturated carbocycles. The van der Waals surface area contributed by atoms with E-state index in [4.69, 9.17) is 0 Å². The van der Waals surface area contributed by atoms with Gasteiger partial charge >= 0.3 is 0 Å². The van der Waals surface area contributed by atoms with Crippen molar-refractivity contribution in [1.82, 2.24) is 0 Å². The van der Waals surface area contributed by atoms with E-state index in [-0.39, 0.29) is 0 Å². The van der Waals surface area contributed by atoms with Gasteiger partial charge in [0.1, 0.15) is 0 Å². The molecule has 70 heavy (non-hydrogen) atoms. The molecule has 1 aliphatic carbocycles. The molecule has 0 atom stereocenters. The Hall–Kier alpha value is -9.10. The first-order chi connectivity index (χ1) is 34.8. The fraction of sp³-hybridized carbons (Fsp3) is 0. The smallest absolute Gasteiger partial charge is 0.000740 e. The number of hydrogen-bond acceptors (Lipinski definition) is 0. The van der Waals surface area contributed by atoms with Gasteiger partial charge in [-0.3, -0.25) is 0 Å². The van der Waals surface area contributed by atoms with E-state index in [9.17, 15) is 0 Å². The van der Waals surface area contributed by atoms with Crippen molar-refractivity contribution in [2.75, 3.05) is 0 Å². The van der Waals surface area contributed by atoms with Crippen molar-refractivity contribution in [2.24, 2.45) is 0 Å². The first-order valence-corrected chi connectivity index (χ1v) is 24.6. The van der Waals surface area contributed by atoms with Crippen LogP contribution in [0.4, 0.5) is 0 Å². The molecule has 16 aromatic carbocycles. The fourth-order valence-corrected chi connectivity index (χ4v) is 13.7. The van der Waals surface area contributed by atoms with Gasteiger partial charge in [0.05, 0.1) is 0 Å². The summed E-state index contributed by atoms with van der Waals surface area (Å²) in [5.41, 5.74) is 15.5. The summed E-state index contributed by atoms with van der Waals surface area (Å²) in [4.78, 5) is 0. The number of benzene rings is 14. The SMILES string of the molecule is c1ccc(-c2ccc(-c3ccccc3)c3c2-c2ccc4c5ccc6c7c(-c8ccccc8)c8cc9c(cc8c(-c8ccccc8)c7c7ccc(c8ccc-3c2c48)c5c67)c2cccc3cccc9c32)cc1. The molecule has 0 radical (unpaired) electrons. The highest BCUT2D eigenvalue weighted by molar-refractivity contribution is 6.47. The molecule has 1 aliphatic rings. The molecule has 0 aromatic heterocycles. The minimum atomic E-state index is 1.24. The van der Waals surface area contributed by atoms with Gasteiger partial charge in [-0.25, -0.2) is 0 Å². The average molecular weight is 879 g/mol. The Morgan fingerprint density at radius 1 is 0.157 bits per heavy atom. The molecule has 0 fully saturated rings. The molecule has 0 nitrogen and oxygen atoms in total. The Labute approximate surface area is 402 Å². The zero-order chi connectivity index (χ0) is 45.3. The summed E-state index contributed by atoms with van der Waals surface area (Å²) < 4.78 is 0. The van der Waals surface area contributed by atoms with Crippen LogP contribution in [0.3, 0.4) is 0 Å². The van der Waals surface area contributed by atoms with Crippen LogP contribution in [-0.2, 0) is 0 Å². The van der Waals surface area contributed by atoms with Gasteiger partial charge in [0.15, 0.2) is 0 Å². The van der Waals surface area contributed by atoms with Gasteiger partial charge in [-0.05, 0) is 187 Å². The lowest BCUT2D eigenvalue weighted by molar-refractivity contribution is 1.59. The van der Waals surface area contributed by atoms with Crippen molar-refractivity contribution in [3.63, 3.8) is 0 Å². The first kappa shape index (κ1) is 37.0. The van der Waals surface area contributed by atoms with Crippen molar-refractivity contribution in [1.29, 1.82) is 0 Å². The maximum atomic E-state index is 2.54. The van der Waals surface area contributed by atoms with Crippen molar-refractivity contribution in [3.05, 3.63) is 231 Å². The predicted molar refractivity (Wildman–Crippen MR) is 301 cm³/mol. The van der Waals surface area contributed by atoms with E-state index in [0.717, 1.165) is 0 Å². The van der Waals surface area contributed by atoms with Gasteiger partial charge in [-0.15, -0.1) is 0 Å². The summed E-state index contributed by atoms with van der Waals surface area (Å²) in [5.74, 6) is 0. The molecular weight excluding hydrogens is 841 g/mol. The Balaban J connectivity index is 1.04. The second-order valence-electron chi connectivity index (χ2n) is 19.7. The molecule has 0 unspecified atom stereocenters.